The monoisotopic (exact) mass is 510 g/mol. The standard InChI is InChI=1S/C35H26O4/c1-38-29-17-10-25(11-18-29)35(26-12-19-30(39-2)20-13-26)33-22-28(37)16-21-31(33)32-5-3-4-24(34(32)35)9-6-23-7-14-27(36)15-8-23/h3-5,7-8,10-22,36-37H,1-2H3. The lowest BCUT2D eigenvalue weighted by molar-refractivity contribution is 0.414. The van der Waals surface area contributed by atoms with E-state index in [-0.39, 0.29) is 11.5 Å². The van der Waals surface area contributed by atoms with Crippen molar-refractivity contribution in [3.8, 4) is 46.0 Å². The summed E-state index contributed by atoms with van der Waals surface area (Å²) in [5.41, 5.74) is 7.11. The molecule has 0 spiro atoms. The molecule has 1 aliphatic carbocycles. The molecule has 4 nitrogen and oxygen atoms in total. The number of methoxy groups -OCH3 is 2. The summed E-state index contributed by atoms with van der Waals surface area (Å²) in [6.07, 6.45) is 0. The Morgan fingerprint density at radius 3 is 1.77 bits per heavy atom. The minimum atomic E-state index is -0.762. The van der Waals surface area contributed by atoms with Gasteiger partial charge in [0.2, 0.25) is 0 Å². The number of fused-ring (bicyclic) bond motifs is 3. The highest BCUT2D eigenvalue weighted by Crippen LogP contribution is 2.58. The average molecular weight is 511 g/mol. The second-order valence-corrected chi connectivity index (χ2v) is 9.46. The first-order valence-corrected chi connectivity index (χ1v) is 12.6. The highest BCUT2D eigenvalue weighted by molar-refractivity contribution is 5.89. The number of phenols is 2. The largest absolute Gasteiger partial charge is 0.508 e. The van der Waals surface area contributed by atoms with E-state index in [1.165, 1.54) is 0 Å². The number of ether oxygens (including phenoxy) is 2. The van der Waals surface area contributed by atoms with Crippen molar-refractivity contribution in [2.24, 2.45) is 0 Å². The van der Waals surface area contributed by atoms with Gasteiger partial charge in [-0.2, -0.15) is 0 Å². The fraction of sp³-hybridized carbons (Fsp3) is 0.0857. The third-order valence-electron chi connectivity index (χ3n) is 7.39. The summed E-state index contributed by atoms with van der Waals surface area (Å²) in [6.45, 7) is 0. The first kappa shape index (κ1) is 24.2. The fourth-order valence-electron chi connectivity index (χ4n) is 5.63. The normalized spacial score (nSPS) is 12.6. The Kier molecular flexibility index (Phi) is 5.98. The predicted molar refractivity (Wildman–Crippen MR) is 153 cm³/mol. The molecule has 0 unspecified atom stereocenters. The Balaban J connectivity index is 1.70. The van der Waals surface area contributed by atoms with E-state index in [1.807, 2.05) is 48.5 Å². The van der Waals surface area contributed by atoms with Crippen LogP contribution < -0.4 is 9.47 Å². The number of phenolic OH excluding ortho intramolecular Hbond substituents is 2. The van der Waals surface area contributed by atoms with E-state index < -0.39 is 5.41 Å². The van der Waals surface area contributed by atoms with Gasteiger partial charge in [-0.05, 0) is 100 Å². The van der Waals surface area contributed by atoms with Crippen LogP contribution in [0.2, 0.25) is 0 Å². The van der Waals surface area contributed by atoms with Crippen molar-refractivity contribution in [3.05, 3.63) is 143 Å². The highest BCUT2D eigenvalue weighted by atomic mass is 16.5. The number of benzene rings is 5. The van der Waals surface area contributed by atoms with Crippen molar-refractivity contribution in [1.29, 1.82) is 0 Å². The predicted octanol–water partition coefficient (Wildman–Crippen LogP) is 6.88. The van der Waals surface area contributed by atoms with Gasteiger partial charge in [-0.3, -0.25) is 0 Å². The summed E-state index contributed by atoms with van der Waals surface area (Å²) in [4.78, 5) is 0. The van der Waals surface area contributed by atoms with E-state index in [2.05, 4.69) is 42.2 Å². The summed E-state index contributed by atoms with van der Waals surface area (Å²) < 4.78 is 11.0. The maximum Gasteiger partial charge on any atom is 0.118 e. The molecule has 190 valence electrons. The van der Waals surface area contributed by atoms with Crippen LogP contribution in [0.3, 0.4) is 0 Å². The van der Waals surface area contributed by atoms with E-state index in [0.717, 1.165) is 56.0 Å². The molecule has 0 fully saturated rings. The van der Waals surface area contributed by atoms with Crippen LogP contribution in [0.4, 0.5) is 0 Å². The number of rotatable bonds is 4. The number of hydrogen-bond acceptors (Lipinski definition) is 4. The van der Waals surface area contributed by atoms with Gasteiger partial charge in [-0.25, -0.2) is 0 Å². The molecule has 0 atom stereocenters. The molecule has 0 bridgehead atoms. The lowest BCUT2D eigenvalue weighted by Crippen LogP contribution is -2.29. The van der Waals surface area contributed by atoms with E-state index in [1.54, 1.807) is 44.6 Å². The zero-order valence-corrected chi connectivity index (χ0v) is 21.6. The van der Waals surface area contributed by atoms with Gasteiger partial charge in [-0.1, -0.05) is 54.3 Å². The van der Waals surface area contributed by atoms with Crippen molar-refractivity contribution < 1.29 is 19.7 Å². The summed E-state index contributed by atoms with van der Waals surface area (Å²) in [7, 11) is 3.31. The van der Waals surface area contributed by atoms with Crippen molar-refractivity contribution in [2.75, 3.05) is 14.2 Å². The molecule has 6 rings (SSSR count). The summed E-state index contributed by atoms with van der Waals surface area (Å²) in [5, 5.41) is 20.4. The quantitative estimate of drug-likeness (QED) is 0.254. The molecular formula is C35H26O4. The minimum absolute atomic E-state index is 0.199. The lowest BCUT2D eigenvalue weighted by Gasteiger charge is -2.34. The van der Waals surface area contributed by atoms with Crippen LogP contribution in [-0.4, -0.2) is 24.4 Å². The van der Waals surface area contributed by atoms with Gasteiger partial charge in [0.1, 0.15) is 23.0 Å². The number of hydrogen-bond donors (Lipinski definition) is 2. The number of aromatic hydroxyl groups is 2. The zero-order chi connectivity index (χ0) is 27.0. The smallest absolute Gasteiger partial charge is 0.118 e. The summed E-state index contributed by atoms with van der Waals surface area (Å²) in [6, 6.07) is 34.8. The van der Waals surface area contributed by atoms with E-state index in [4.69, 9.17) is 9.47 Å². The zero-order valence-electron chi connectivity index (χ0n) is 21.6. The molecule has 0 radical (unpaired) electrons. The maximum absolute atomic E-state index is 10.7. The van der Waals surface area contributed by atoms with Crippen LogP contribution in [0.25, 0.3) is 11.1 Å². The van der Waals surface area contributed by atoms with Crippen LogP contribution in [0.15, 0.2) is 109 Å². The van der Waals surface area contributed by atoms with Crippen molar-refractivity contribution in [1.82, 2.24) is 0 Å². The van der Waals surface area contributed by atoms with Gasteiger partial charge >= 0.3 is 0 Å². The Hall–Kier alpha value is -5.14. The summed E-state index contributed by atoms with van der Waals surface area (Å²) in [5.74, 6) is 8.64. The van der Waals surface area contributed by atoms with E-state index >= 15 is 0 Å². The van der Waals surface area contributed by atoms with Gasteiger partial charge < -0.3 is 19.7 Å². The molecule has 5 aromatic rings. The van der Waals surface area contributed by atoms with Crippen LogP contribution in [0.1, 0.15) is 33.4 Å². The SMILES string of the molecule is COc1ccc(C2(c3ccc(OC)cc3)c3cc(O)ccc3-c3cccc(C#Cc4ccc(O)cc4)c32)cc1. The first-order chi connectivity index (χ1) is 19.0. The van der Waals surface area contributed by atoms with Gasteiger partial charge in [0.25, 0.3) is 0 Å². The third kappa shape index (κ3) is 3.96. The van der Waals surface area contributed by atoms with Crippen LogP contribution >= 0.6 is 0 Å². The molecular weight excluding hydrogens is 484 g/mol. The van der Waals surface area contributed by atoms with Gasteiger partial charge in [-0.15, -0.1) is 0 Å². The second-order valence-electron chi connectivity index (χ2n) is 9.46. The topological polar surface area (TPSA) is 58.9 Å². The van der Waals surface area contributed by atoms with Crippen LogP contribution in [0, 0.1) is 11.8 Å². The molecule has 1 aliphatic rings. The van der Waals surface area contributed by atoms with Crippen molar-refractivity contribution in [3.63, 3.8) is 0 Å². The molecule has 5 aromatic carbocycles. The van der Waals surface area contributed by atoms with Crippen LogP contribution in [0.5, 0.6) is 23.0 Å². The highest BCUT2D eigenvalue weighted by Gasteiger charge is 2.47. The summed E-state index contributed by atoms with van der Waals surface area (Å²) >= 11 is 0. The Morgan fingerprint density at radius 2 is 1.18 bits per heavy atom. The lowest BCUT2D eigenvalue weighted by atomic mass is 9.66. The maximum atomic E-state index is 10.7. The average Bonchev–Trinajstić information content (AvgIpc) is 3.27. The van der Waals surface area contributed by atoms with Gasteiger partial charge in [0.15, 0.2) is 0 Å². The molecule has 2 N–H and O–H groups in total. The van der Waals surface area contributed by atoms with E-state index in [9.17, 15) is 10.2 Å². The minimum Gasteiger partial charge on any atom is -0.508 e. The van der Waals surface area contributed by atoms with Gasteiger partial charge in [0.05, 0.1) is 19.6 Å². The molecule has 0 heterocycles. The van der Waals surface area contributed by atoms with E-state index in [0.29, 0.717) is 0 Å². The fourth-order valence-corrected chi connectivity index (χ4v) is 5.63. The second kappa shape index (κ2) is 9.63. The van der Waals surface area contributed by atoms with Crippen molar-refractivity contribution >= 4 is 0 Å². The molecule has 0 saturated carbocycles. The van der Waals surface area contributed by atoms with Gasteiger partial charge in [0, 0.05) is 11.1 Å². The molecule has 0 saturated heterocycles. The first-order valence-electron chi connectivity index (χ1n) is 12.6. The molecule has 39 heavy (non-hydrogen) atoms. The molecule has 0 amide bonds. The Labute approximate surface area is 227 Å². The Bertz CT molecular complexity index is 1670. The third-order valence-corrected chi connectivity index (χ3v) is 7.39. The van der Waals surface area contributed by atoms with Crippen LogP contribution in [-0.2, 0) is 5.41 Å². The molecule has 4 heteroatoms. The van der Waals surface area contributed by atoms with Crippen molar-refractivity contribution in [2.45, 2.75) is 5.41 Å². The Morgan fingerprint density at radius 1 is 0.590 bits per heavy atom. The molecule has 0 aromatic heterocycles. The molecule has 0 aliphatic heterocycles.